The summed E-state index contributed by atoms with van der Waals surface area (Å²) < 4.78 is 11.2. The summed E-state index contributed by atoms with van der Waals surface area (Å²) in [7, 11) is 1.81. The van der Waals surface area contributed by atoms with E-state index >= 15 is 0 Å². The second-order valence-corrected chi connectivity index (χ2v) is 3.42. The minimum absolute atomic E-state index is 0.390. The average molecular weight is 258 g/mol. The Bertz CT molecular complexity index is 424. The van der Waals surface area contributed by atoms with Crippen LogP contribution in [0.1, 0.15) is 5.89 Å². The van der Waals surface area contributed by atoms with Gasteiger partial charge in [0.2, 0.25) is 5.89 Å². The number of aromatic nitrogens is 2. The van der Waals surface area contributed by atoms with E-state index in [0.717, 1.165) is 0 Å². The zero-order valence-corrected chi connectivity index (χ0v) is 9.04. The van der Waals surface area contributed by atoms with Crippen molar-refractivity contribution in [2.45, 2.75) is 6.54 Å². The minimum atomic E-state index is 0.390. The van der Waals surface area contributed by atoms with E-state index in [1.54, 1.807) is 12.1 Å². The molecule has 0 radical (unpaired) electrons. The lowest BCUT2D eigenvalue weighted by molar-refractivity contribution is 0.465. The summed E-state index contributed by atoms with van der Waals surface area (Å²) in [4.78, 5) is 0. The second kappa shape index (κ2) is 3.93. The number of halogens is 1. The van der Waals surface area contributed by atoms with Gasteiger partial charge in [-0.1, -0.05) is 0 Å². The number of hydrogen-bond donors (Lipinski definition) is 1. The number of nitrogens with zero attached hydrogens (tertiary/aromatic N) is 2. The van der Waals surface area contributed by atoms with Crippen molar-refractivity contribution in [2.24, 2.45) is 0 Å². The van der Waals surface area contributed by atoms with Crippen LogP contribution in [-0.4, -0.2) is 17.2 Å². The van der Waals surface area contributed by atoms with Crippen molar-refractivity contribution in [3.8, 4) is 11.7 Å². The molecule has 2 aromatic heterocycles. The normalized spacial score (nSPS) is 10.7. The van der Waals surface area contributed by atoms with Gasteiger partial charge in [-0.15, -0.1) is 10.2 Å². The highest BCUT2D eigenvalue weighted by Gasteiger charge is 2.11. The zero-order valence-electron chi connectivity index (χ0n) is 7.45. The third kappa shape index (κ3) is 1.85. The topological polar surface area (TPSA) is 64.1 Å². The van der Waals surface area contributed by atoms with Crippen LogP contribution >= 0.6 is 15.9 Å². The van der Waals surface area contributed by atoms with Gasteiger partial charge in [-0.25, -0.2) is 0 Å². The Morgan fingerprint density at radius 3 is 2.86 bits per heavy atom. The van der Waals surface area contributed by atoms with Crippen molar-refractivity contribution in [1.82, 2.24) is 15.5 Å². The van der Waals surface area contributed by atoms with Crippen LogP contribution in [0, 0.1) is 0 Å². The van der Waals surface area contributed by atoms with Gasteiger partial charge in [0.05, 0.1) is 6.54 Å². The van der Waals surface area contributed by atoms with Gasteiger partial charge in [-0.05, 0) is 35.1 Å². The zero-order chi connectivity index (χ0) is 9.97. The van der Waals surface area contributed by atoms with Crippen LogP contribution in [0.5, 0.6) is 0 Å². The second-order valence-electron chi connectivity index (χ2n) is 2.64. The Morgan fingerprint density at radius 1 is 1.36 bits per heavy atom. The molecule has 0 unspecified atom stereocenters. The van der Waals surface area contributed by atoms with Crippen LogP contribution in [-0.2, 0) is 6.54 Å². The molecule has 5 nitrogen and oxygen atoms in total. The third-order valence-electron chi connectivity index (χ3n) is 1.58. The molecular formula is C8H8BrN3O2. The third-order valence-corrected chi connectivity index (χ3v) is 2.01. The van der Waals surface area contributed by atoms with Crippen LogP contribution in [0.4, 0.5) is 0 Å². The van der Waals surface area contributed by atoms with Crippen LogP contribution in [0.2, 0.25) is 0 Å². The van der Waals surface area contributed by atoms with Gasteiger partial charge in [0.15, 0.2) is 10.4 Å². The highest BCUT2D eigenvalue weighted by Crippen LogP contribution is 2.23. The summed E-state index contributed by atoms with van der Waals surface area (Å²) in [5.74, 6) is 1.49. The molecular weight excluding hydrogens is 250 g/mol. The Hall–Kier alpha value is -1.14. The van der Waals surface area contributed by atoms with E-state index in [0.29, 0.717) is 28.8 Å². The average Bonchev–Trinajstić information content (AvgIpc) is 2.74. The van der Waals surface area contributed by atoms with Crippen LogP contribution < -0.4 is 5.32 Å². The molecule has 0 saturated heterocycles. The largest absolute Gasteiger partial charge is 0.444 e. The fraction of sp³-hybridized carbons (Fsp3) is 0.250. The molecule has 0 fully saturated rings. The van der Waals surface area contributed by atoms with Crippen molar-refractivity contribution in [3.05, 3.63) is 22.7 Å². The Balaban J connectivity index is 2.24. The maximum absolute atomic E-state index is 5.32. The molecule has 0 aliphatic carbocycles. The molecule has 2 rings (SSSR count). The smallest absolute Gasteiger partial charge is 0.283 e. The first-order chi connectivity index (χ1) is 6.79. The standard InChI is InChI=1S/C8H8BrN3O2/c1-10-4-7-11-12-8(14-7)5-2-3-6(9)13-5/h2-3,10H,4H2,1H3. The molecule has 6 heteroatoms. The van der Waals surface area contributed by atoms with Crippen molar-refractivity contribution in [2.75, 3.05) is 7.05 Å². The van der Waals surface area contributed by atoms with Crippen LogP contribution in [0.15, 0.2) is 25.6 Å². The molecule has 2 aromatic rings. The van der Waals surface area contributed by atoms with Gasteiger partial charge in [0.25, 0.3) is 5.89 Å². The van der Waals surface area contributed by atoms with Crippen molar-refractivity contribution in [1.29, 1.82) is 0 Å². The lowest BCUT2D eigenvalue weighted by Gasteiger charge is -1.89. The summed E-state index contributed by atoms with van der Waals surface area (Å²) in [6.45, 7) is 0.550. The molecule has 0 saturated carbocycles. The Kier molecular flexibility index (Phi) is 2.64. The van der Waals surface area contributed by atoms with E-state index in [-0.39, 0.29) is 0 Å². The molecule has 2 heterocycles. The van der Waals surface area contributed by atoms with Crippen molar-refractivity contribution < 1.29 is 8.83 Å². The molecule has 74 valence electrons. The van der Waals surface area contributed by atoms with Crippen LogP contribution in [0.25, 0.3) is 11.7 Å². The molecule has 0 aliphatic rings. The number of nitrogens with one attached hydrogen (secondary N) is 1. The number of rotatable bonds is 3. The van der Waals surface area contributed by atoms with Gasteiger partial charge in [0.1, 0.15) is 0 Å². The van der Waals surface area contributed by atoms with Gasteiger partial charge >= 0.3 is 0 Å². The SMILES string of the molecule is CNCc1nnc(-c2ccc(Br)o2)o1. The highest BCUT2D eigenvalue weighted by molar-refractivity contribution is 9.10. The fourth-order valence-corrected chi connectivity index (χ4v) is 1.31. The minimum Gasteiger partial charge on any atom is -0.444 e. The first-order valence-corrected chi connectivity index (χ1v) is 4.81. The van der Waals surface area contributed by atoms with E-state index < -0.39 is 0 Å². The maximum atomic E-state index is 5.32. The van der Waals surface area contributed by atoms with Crippen molar-refractivity contribution >= 4 is 15.9 Å². The van der Waals surface area contributed by atoms with E-state index in [9.17, 15) is 0 Å². The fourth-order valence-electron chi connectivity index (χ4n) is 1.01. The van der Waals surface area contributed by atoms with E-state index in [1.165, 1.54) is 0 Å². The molecule has 0 bridgehead atoms. The lowest BCUT2D eigenvalue weighted by Crippen LogP contribution is -2.04. The molecule has 0 aromatic carbocycles. The van der Waals surface area contributed by atoms with Gasteiger partial charge in [-0.2, -0.15) is 0 Å². The molecule has 0 atom stereocenters. The number of furan rings is 1. The summed E-state index contributed by atoms with van der Waals surface area (Å²) >= 11 is 3.20. The summed E-state index contributed by atoms with van der Waals surface area (Å²) in [5.41, 5.74) is 0. The Morgan fingerprint density at radius 2 is 2.21 bits per heavy atom. The van der Waals surface area contributed by atoms with Gasteiger partial charge in [-0.3, -0.25) is 0 Å². The summed E-state index contributed by atoms with van der Waals surface area (Å²) in [5, 5.41) is 10.6. The van der Waals surface area contributed by atoms with E-state index in [4.69, 9.17) is 8.83 Å². The molecule has 0 amide bonds. The number of hydrogen-bond acceptors (Lipinski definition) is 5. The molecule has 0 spiro atoms. The maximum Gasteiger partial charge on any atom is 0.283 e. The lowest BCUT2D eigenvalue weighted by atomic mass is 10.5. The highest BCUT2D eigenvalue weighted by atomic mass is 79.9. The monoisotopic (exact) mass is 257 g/mol. The van der Waals surface area contributed by atoms with E-state index in [1.807, 2.05) is 7.05 Å². The molecule has 0 aliphatic heterocycles. The quantitative estimate of drug-likeness (QED) is 0.909. The first-order valence-electron chi connectivity index (χ1n) is 4.02. The van der Waals surface area contributed by atoms with Gasteiger partial charge in [0, 0.05) is 0 Å². The molecule has 1 N–H and O–H groups in total. The summed E-state index contributed by atoms with van der Waals surface area (Å²) in [6, 6.07) is 3.54. The Labute approximate surface area is 88.6 Å². The van der Waals surface area contributed by atoms with Gasteiger partial charge < -0.3 is 14.2 Å². The summed E-state index contributed by atoms with van der Waals surface area (Å²) in [6.07, 6.45) is 0. The predicted octanol–water partition coefficient (Wildman–Crippen LogP) is 1.81. The van der Waals surface area contributed by atoms with E-state index in [2.05, 4.69) is 31.4 Å². The first kappa shape index (κ1) is 9.42. The molecule has 14 heavy (non-hydrogen) atoms. The van der Waals surface area contributed by atoms with Crippen LogP contribution in [0.3, 0.4) is 0 Å². The van der Waals surface area contributed by atoms with Crippen molar-refractivity contribution in [3.63, 3.8) is 0 Å². The predicted molar refractivity (Wildman–Crippen MR) is 52.5 cm³/mol.